The molecule has 0 bridgehead atoms. The second-order valence-electron chi connectivity index (χ2n) is 4.26. The van der Waals surface area contributed by atoms with Crippen molar-refractivity contribution in [3.05, 3.63) is 65.5 Å². The van der Waals surface area contributed by atoms with Gasteiger partial charge in [-0.3, -0.25) is 0 Å². The number of hydrogen-bond acceptors (Lipinski definition) is 3. The molecule has 0 saturated heterocycles. The first-order valence-corrected chi connectivity index (χ1v) is 6.16. The van der Waals surface area contributed by atoms with Gasteiger partial charge in [0.1, 0.15) is 17.3 Å². The predicted octanol–water partition coefficient (Wildman–Crippen LogP) is 3.21. The number of aliphatic hydroxyl groups excluding tert-OH is 1. The summed E-state index contributed by atoms with van der Waals surface area (Å²) in [6.45, 7) is -0.0660. The van der Waals surface area contributed by atoms with Crippen molar-refractivity contribution in [2.45, 2.75) is 6.61 Å². The van der Waals surface area contributed by atoms with Gasteiger partial charge in [0.2, 0.25) is 0 Å². The molecule has 21 heavy (non-hydrogen) atoms. The largest absolute Gasteiger partial charge is 0.478 e. The molecule has 0 saturated carbocycles. The van der Waals surface area contributed by atoms with Gasteiger partial charge in [-0.15, -0.1) is 0 Å². The average Bonchev–Trinajstić information content (AvgIpc) is 2.48. The number of carboxylic acids is 1. The molecule has 4 nitrogen and oxygen atoms in total. The maximum Gasteiger partial charge on any atom is 0.328 e. The van der Waals surface area contributed by atoms with Crippen LogP contribution in [0.4, 0.5) is 4.39 Å². The van der Waals surface area contributed by atoms with E-state index in [-0.39, 0.29) is 6.61 Å². The van der Waals surface area contributed by atoms with Crippen molar-refractivity contribution in [1.82, 2.24) is 0 Å². The lowest BCUT2D eigenvalue weighted by molar-refractivity contribution is -0.131. The van der Waals surface area contributed by atoms with Gasteiger partial charge in [0.15, 0.2) is 0 Å². The van der Waals surface area contributed by atoms with Gasteiger partial charge in [-0.25, -0.2) is 9.18 Å². The number of carboxylic acid groups (broad SMARTS) is 1. The van der Waals surface area contributed by atoms with E-state index >= 15 is 0 Å². The molecule has 0 aliphatic heterocycles. The first kappa shape index (κ1) is 14.7. The summed E-state index contributed by atoms with van der Waals surface area (Å²) in [5.41, 5.74) is 1.07. The van der Waals surface area contributed by atoms with Crippen molar-refractivity contribution in [2.24, 2.45) is 0 Å². The first-order chi connectivity index (χ1) is 10.1. The molecule has 0 fully saturated rings. The zero-order valence-electron chi connectivity index (χ0n) is 11.0. The van der Waals surface area contributed by atoms with E-state index in [0.717, 1.165) is 11.6 Å². The Bertz CT molecular complexity index is 662. The van der Waals surface area contributed by atoms with Crippen LogP contribution in [-0.4, -0.2) is 16.2 Å². The van der Waals surface area contributed by atoms with Crippen LogP contribution in [0.5, 0.6) is 11.5 Å². The van der Waals surface area contributed by atoms with Gasteiger partial charge in [0.25, 0.3) is 0 Å². The van der Waals surface area contributed by atoms with E-state index < -0.39 is 11.8 Å². The van der Waals surface area contributed by atoms with Crippen molar-refractivity contribution in [3.8, 4) is 11.5 Å². The van der Waals surface area contributed by atoms with E-state index in [2.05, 4.69) is 0 Å². The third-order valence-corrected chi connectivity index (χ3v) is 2.71. The Kier molecular flexibility index (Phi) is 4.68. The number of aliphatic carboxylic acids is 1. The minimum absolute atomic E-state index is 0.0660. The van der Waals surface area contributed by atoms with Crippen LogP contribution in [-0.2, 0) is 11.4 Å². The molecule has 2 rings (SSSR count). The molecule has 0 atom stereocenters. The lowest BCUT2D eigenvalue weighted by Gasteiger charge is -2.09. The smallest absolute Gasteiger partial charge is 0.328 e. The predicted molar refractivity (Wildman–Crippen MR) is 75.5 cm³/mol. The fraction of sp³-hybridized carbons (Fsp3) is 0.0625. The van der Waals surface area contributed by atoms with Crippen LogP contribution in [0.3, 0.4) is 0 Å². The summed E-state index contributed by atoms with van der Waals surface area (Å²) in [6, 6.07) is 10.6. The van der Waals surface area contributed by atoms with Crippen molar-refractivity contribution < 1.29 is 24.1 Å². The van der Waals surface area contributed by atoms with Crippen molar-refractivity contribution in [2.75, 3.05) is 0 Å². The molecular weight excluding hydrogens is 275 g/mol. The molecule has 108 valence electrons. The summed E-state index contributed by atoms with van der Waals surface area (Å²) in [4.78, 5) is 10.6. The molecule has 0 heterocycles. The fourth-order valence-corrected chi connectivity index (χ4v) is 1.69. The van der Waals surface area contributed by atoms with Crippen LogP contribution in [0, 0.1) is 5.82 Å². The van der Waals surface area contributed by atoms with E-state index in [1.54, 1.807) is 24.3 Å². The summed E-state index contributed by atoms with van der Waals surface area (Å²) in [5.74, 6) is -0.769. The van der Waals surface area contributed by atoms with Crippen LogP contribution in [0.25, 0.3) is 6.08 Å². The summed E-state index contributed by atoms with van der Waals surface area (Å²) in [7, 11) is 0. The Labute approximate surface area is 120 Å². The van der Waals surface area contributed by atoms with Gasteiger partial charge in [-0.2, -0.15) is 0 Å². The SMILES string of the molecule is O=C(O)/C=C/c1cc(F)ccc1Oc1ccc(CO)cc1. The molecular formula is C16H13FO4. The van der Waals surface area contributed by atoms with Gasteiger partial charge < -0.3 is 14.9 Å². The molecule has 0 aromatic heterocycles. The van der Waals surface area contributed by atoms with Crippen molar-refractivity contribution in [1.29, 1.82) is 0 Å². The van der Waals surface area contributed by atoms with Crippen LogP contribution in [0.2, 0.25) is 0 Å². The maximum absolute atomic E-state index is 13.2. The Morgan fingerprint density at radius 3 is 2.52 bits per heavy atom. The molecule has 2 N–H and O–H groups in total. The van der Waals surface area contributed by atoms with Gasteiger partial charge in [-0.05, 0) is 42.0 Å². The minimum atomic E-state index is -1.13. The third-order valence-electron chi connectivity index (χ3n) is 2.71. The van der Waals surface area contributed by atoms with Crippen LogP contribution < -0.4 is 4.74 Å². The number of halogens is 1. The van der Waals surface area contributed by atoms with Gasteiger partial charge in [0, 0.05) is 11.6 Å². The molecule has 0 unspecified atom stereocenters. The highest BCUT2D eigenvalue weighted by Gasteiger charge is 2.05. The average molecular weight is 288 g/mol. The summed E-state index contributed by atoms with van der Waals surface area (Å²) < 4.78 is 18.8. The second kappa shape index (κ2) is 6.67. The normalized spacial score (nSPS) is 10.8. The van der Waals surface area contributed by atoms with Crippen molar-refractivity contribution in [3.63, 3.8) is 0 Å². The quantitative estimate of drug-likeness (QED) is 0.829. The topological polar surface area (TPSA) is 66.8 Å². The Morgan fingerprint density at radius 1 is 1.19 bits per heavy atom. The Hall–Kier alpha value is -2.66. The van der Waals surface area contributed by atoms with E-state index in [1.807, 2.05) is 0 Å². The Morgan fingerprint density at radius 2 is 1.90 bits per heavy atom. The standard InChI is InChI=1S/C16H13FO4/c17-13-4-7-15(12(9-13)3-8-16(19)20)21-14-5-1-11(10-18)2-6-14/h1-9,18H,10H2,(H,19,20)/b8-3+. The van der Waals surface area contributed by atoms with E-state index in [4.69, 9.17) is 14.9 Å². The van der Waals surface area contributed by atoms with E-state index in [9.17, 15) is 9.18 Å². The van der Waals surface area contributed by atoms with E-state index in [0.29, 0.717) is 17.1 Å². The molecule has 2 aromatic rings. The monoisotopic (exact) mass is 288 g/mol. The van der Waals surface area contributed by atoms with Gasteiger partial charge in [-0.1, -0.05) is 12.1 Å². The molecule has 0 spiro atoms. The lowest BCUT2D eigenvalue weighted by atomic mass is 10.1. The highest BCUT2D eigenvalue weighted by molar-refractivity contribution is 5.85. The van der Waals surface area contributed by atoms with Crippen LogP contribution >= 0.6 is 0 Å². The highest BCUT2D eigenvalue weighted by atomic mass is 19.1. The number of hydrogen-bond donors (Lipinski definition) is 2. The van der Waals surface area contributed by atoms with E-state index in [1.165, 1.54) is 24.3 Å². The number of carbonyl (C=O) groups is 1. The molecule has 0 aliphatic carbocycles. The number of ether oxygens (including phenoxy) is 1. The Balaban J connectivity index is 2.27. The molecule has 0 radical (unpaired) electrons. The van der Waals surface area contributed by atoms with Crippen molar-refractivity contribution >= 4 is 12.0 Å². The van der Waals surface area contributed by atoms with Gasteiger partial charge >= 0.3 is 5.97 Å². The second-order valence-corrected chi connectivity index (χ2v) is 4.26. The zero-order chi connectivity index (χ0) is 15.2. The fourth-order valence-electron chi connectivity index (χ4n) is 1.69. The molecule has 5 heteroatoms. The lowest BCUT2D eigenvalue weighted by Crippen LogP contribution is -1.91. The van der Waals surface area contributed by atoms with Crippen LogP contribution in [0.15, 0.2) is 48.5 Å². The minimum Gasteiger partial charge on any atom is -0.478 e. The molecule has 0 aliphatic rings. The highest BCUT2D eigenvalue weighted by Crippen LogP contribution is 2.27. The zero-order valence-corrected chi connectivity index (χ0v) is 11.0. The number of benzene rings is 2. The maximum atomic E-state index is 13.2. The first-order valence-electron chi connectivity index (χ1n) is 6.16. The van der Waals surface area contributed by atoms with Gasteiger partial charge in [0.05, 0.1) is 6.61 Å². The molecule has 0 amide bonds. The summed E-state index contributed by atoms with van der Waals surface area (Å²) >= 11 is 0. The van der Waals surface area contributed by atoms with Crippen LogP contribution in [0.1, 0.15) is 11.1 Å². The molecule has 2 aromatic carbocycles. The summed E-state index contributed by atoms with van der Waals surface area (Å²) in [5, 5.41) is 17.6. The number of aliphatic hydroxyl groups is 1. The third kappa shape index (κ3) is 4.15. The number of rotatable bonds is 5. The summed E-state index contributed by atoms with van der Waals surface area (Å²) in [6.07, 6.45) is 2.18.